The van der Waals surface area contributed by atoms with Crippen LogP contribution in [0.15, 0.2) is 18.2 Å². The van der Waals surface area contributed by atoms with Crippen molar-refractivity contribution in [3.63, 3.8) is 0 Å². The fourth-order valence-electron chi connectivity index (χ4n) is 1.56. The first-order chi connectivity index (χ1) is 9.51. The molecule has 6 nitrogen and oxygen atoms in total. The van der Waals surface area contributed by atoms with E-state index in [2.05, 4.69) is 20.8 Å². The summed E-state index contributed by atoms with van der Waals surface area (Å²) in [6.07, 6.45) is 0. The molecule has 0 aliphatic heterocycles. The zero-order chi connectivity index (χ0) is 14.7. The second-order valence-corrected chi connectivity index (χ2v) is 5.48. The van der Waals surface area contributed by atoms with E-state index in [0.29, 0.717) is 11.3 Å². The number of carbonyl (C=O) groups excluding carboxylic acids is 2. The van der Waals surface area contributed by atoms with Crippen molar-refractivity contribution in [3.8, 4) is 0 Å². The molecule has 20 heavy (non-hydrogen) atoms. The molecule has 2 aromatic rings. The van der Waals surface area contributed by atoms with Crippen LogP contribution in [0, 0.1) is 6.92 Å². The van der Waals surface area contributed by atoms with Gasteiger partial charge in [0.05, 0.1) is 0 Å². The molecule has 104 valence electrons. The molecule has 0 aliphatic carbocycles. The van der Waals surface area contributed by atoms with Crippen LogP contribution in [0.4, 0.5) is 5.69 Å². The van der Waals surface area contributed by atoms with Gasteiger partial charge in [-0.2, -0.15) is 0 Å². The monoisotopic (exact) mass is 310 g/mol. The van der Waals surface area contributed by atoms with Gasteiger partial charge in [-0.15, -0.1) is 10.2 Å². The Bertz CT molecular complexity index is 671. The van der Waals surface area contributed by atoms with E-state index in [1.165, 1.54) is 0 Å². The molecule has 0 radical (unpaired) electrons. The van der Waals surface area contributed by atoms with Gasteiger partial charge >= 0.3 is 0 Å². The quantitative estimate of drug-likeness (QED) is 0.909. The SMILES string of the molecule is CNC(=O)c1ccc(NC(=O)c2nnc(Cl)s2)c(C)c1. The number of carbonyl (C=O) groups is 2. The zero-order valence-corrected chi connectivity index (χ0v) is 12.3. The lowest BCUT2D eigenvalue weighted by Crippen LogP contribution is -2.18. The van der Waals surface area contributed by atoms with Gasteiger partial charge in [0.25, 0.3) is 11.8 Å². The van der Waals surface area contributed by atoms with E-state index >= 15 is 0 Å². The molecule has 0 atom stereocenters. The summed E-state index contributed by atoms with van der Waals surface area (Å²) in [5.74, 6) is -0.563. The Hall–Kier alpha value is -1.99. The van der Waals surface area contributed by atoms with E-state index in [1.807, 2.05) is 0 Å². The molecule has 1 heterocycles. The van der Waals surface area contributed by atoms with Crippen molar-refractivity contribution in [2.45, 2.75) is 6.92 Å². The second kappa shape index (κ2) is 5.98. The molecule has 0 unspecified atom stereocenters. The Balaban J connectivity index is 2.18. The minimum Gasteiger partial charge on any atom is -0.355 e. The third-order valence-corrected chi connectivity index (χ3v) is 3.58. The van der Waals surface area contributed by atoms with Gasteiger partial charge < -0.3 is 10.6 Å². The van der Waals surface area contributed by atoms with Gasteiger partial charge in [-0.05, 0) is 42.3 Å². The van der Waals surface area contributed by atoms with Crippen molar-refractivity contribution in [2.75, 3.05) is 12.4 Å². The Morgan fingerprint density at radius 3 is 2.55 bits per heavy atom. The minimum absolute atomic E-state index is 0.179. The predicted molar refractivity (Wildman–Crippen MR) is 77.4 cm³/mol. The van der Waals surface area contributed by atoms with Crippen LogP contribution in [0.3, 0.4) is 0 Å². The molecule has 0 fully saturated rings. The number of halogens is 1. The Morgan fingerprint density at radius 1 is 1.25 bits per heavy atom. The highest BCUT2D eigenvalue weighted by Crippen LogP contribution is 2.20. The van der Waals surface area contributed by atoms with E-state index in [0.717, 1.165) is 16.9 Å². The average molecular weight is 311 g/mol. The van der Waals surface area contributed by atoms with Gasteiger partial charge in [-0.1, -0.05) is 11.3 Å². The Kier molecular flexibility index (Phi) is 4.31. The lowest BCUT2D eigenvalue weighted by molar-refractivity contribution is 0.0962. The van der Waals surface area contributed by atoms with Crippen molar-refractivity contribution in [1.82, 2.24) is 15.5 Å². The first kappa shape index (κ1) is 14.4. The molecule has 8 heteroatoms. The van der Waals surface area contributed by atoms with Crippen LogP contribution in [0.5, 0.6) is 0 Å². The number of anilines is 1. The molecule has 2 N–H and O–H groups in total. The van der Waals surface area contributed by atoms with Crippen molar-refractivity contribution in [3.05, 3.63) is 38.8 Å². The van der Waals surface area contributed by atoms with Crippen LogP contribution in [-0.4, -0.2) is 29.1 Å². The van der Waals surface area contributed by atoms with Gasteiger partial charge in [0, 0.05) is 18.3 Å². The number of hydrogen-bond donors (Lipinski definition) is 2. The predicted octanol–water partition coefficient (Wildman–Crippen LogP) is 2.11. The molecule has 2 rings (SSSR count). The minimum atomic E-state index is -0.384. The van der Waals surface area contributed by atoms with Crippen molar-refractivity contribution in [2.24, 2.45) is 0 Å². The van der Waals surface area contributed by atoms with Gasteiger partial charge in [-0.3, -0.25) is 9.59 Å². The summed E-state index contributed by atoms with van der Waals surface area (Å²) < 4.78 is 0.210. The first-order valence-corrected chi connectivity index (χ1v) is 6.84. The molecule has 0 aliphatic rings. The fourth-order valence-corrected chi connectivity index (χ4v) is 2.29. The maximum Gasteiger partial charge on any atom is 0.286 e. The molecular weight excluding hydrogens is 300 g/mol. The smallest absolute Gasteiger partial charge is 0.286 e. The highest BCUT2D eigenvalue weighted by Gasteiger charge is 2.14. The number of aromatic nitrogens is 2. The van der Waals surface area contributed by atoms with E-state index in [-0.39, 0.29) is 21.3 Å². The Labute approximate surface area is 124 Å². The molecule has 0 bridgehead atoms. The fraction of sp³-hybridized carbons (Fsp3) is 0.167. The molecule has 1 aromatic carbocycles. The van der Waals surface area contributed by atoms with Crippen molar-refractivity contribution >= 4 is 40.4 Å². The maximum absolute atomic E-state index is 11.9. The number of aryl methyl sites for hydroxylation is 1. The lowest BCUT2D eigenvalue weighted by Gasteiger charge is -2.08. The standard InChI is InChI=1S/C12H11ClN4O2S/c1-6-5-7(9(18)14-2)3-4-8(6)15-10(19)11-16-17-12(13)20-11/h3-5H,1-2H3,(H,14,18)(H,15,19). The van der Waals surface area contributed by atoms with Gasteiger partial charge in [0.2, 0.25) is 9.47 Å². The number of nitrogens with one attached hydrogen (secondary N) is 2. The van der Waals surface area contributed by atoms with Crippen LogP contribution < -0.4 is 10.6 Å². The first-order valence-electron chi connectivity index (χ1n) is 5.64. The van der Waals surface area contributed by atoms with Crippen LogP contribution in [0.1, 0.15) is 25.7 Å². The lowest BCUT2D eigenvalue weighted by atomic mass is 10.1. The molecule has 0 spiro atoms. The Morgan fingerprint density at radius 2 is 2.00 bits per heavy atom. The summed E-state index contributed by atoms with van der Waals surface area (Å²) in [5, 5.41) is 12.7. The second-order valence-electron chi connectivity index (χ2n) is 3.92. The maximum atomic E-state index is 11.9. The van der Waals surface area contributed by atoms with Crippen LogP contribution in [-0.2, 0) is 0 Å². The summed E-state index contributed by atoms with van der Waals surface area (Å²) >= 11 is 6.63. The van der Waals surface area contributed by atoms with E-state index in [1.54, 1.807) is 32.2 Å². The van der Waals surface area contributed by atoms with Gasteiger partial charge in [0.1, 0.15) is 0 Å². The topological polar surface area (TPSA) is 84.0 Å². The molecule has 1 aromatic heterocycles. The van der Waals surface area contributed by atoms with E-state index < -0.39 is 0 Å². The molecule has 0 saturated heterocycles. The van der Waals surface area contributed by atoms with Gasteiger partial charge in [0.15, 0.2) is 0 Å². The third-order valence-electron chi connectivity index (χ3n) is 2.56. The summed E-state index contributed by atoms with van der Waals surface area (Å²) in [4.78, 5) is 23.4. The summed E-state index contributed by atoms with van der Waals surface area (Å²) in [6, 6.07) is 5.00. The highest BCUT2D eigenvalue weighted by molar-refractivity contribution is 7.17. The van der Waals surface area contributed by atoms with Crippen LogP contribution in [0.2, 0.25) is 4.47 Å². The largest absolute Gasteiger partial charge is 0.355 e. The molecular formula is C12H11ClN4O2S. The van der Waals surface area contributed by atoms with Gasteiger partial charge in [-0.25, -0.2) is 0 Å². The average Bonchev–Trinajstić information content (AvgIpc) is 2.86. The van der Waals surface area contributed by atoms with E-state index in [9.17, 15) is 9.59 Å². The summed E-state index contributed by atoms with van der Waals surface area (Å²) in [6.45, 7) is 1.80. The number of benzene rings is 1. The number of nitrogens with zero attached hydrogens (tertiary/aromatic N) is 2. The van der Waals surface area contributed by atoms with E-state index in [4.69, 9.17) is 11.6 Å². The third kappa shape index (κ3) is 3.12. The normalized spacial score (nSPS) is 10.2. The zero-order valence-electron chi connectivity index (χ0n) is 10.7. The molecule has 0 saturated carbocycles. The highest BCUT2D eigenvalue weighted by atomic mass is 35.5. The molecule has 2 amide bonds. The van der Waals surface area contributed by atoms with Crippen LogP contribution >= 0.6 is 22.9 Å². The number of rotatable bonds is 3. The van der Waals surface area contributed by atoms with Crippen LogP contribution in [0.25, 0.3) is 0 Å². The number of amides is 2. The summed E-state index contributed by atoms with van der Waals surface area (Å²) in [5.41, 5.74) is 1.91. The van der Waals surface area contributed by atoms with Crippen molar-refractivity contribution in [1.29, 1.82) is 0 Å². The van der Waals surface area contributed by atoms with Crippen molar-refractivity contribution < 1.29 is 9.59 Å². The summed E-state index contributed by atoms with van der Waals surface area (Å²) in [7, 11) is 1.56. The number of hydrogen-bond acceptors (Lipinski definition) is 5.